The Bertz CT molecular complexity index is 769. The minimum Gasteiger partial charge on any atom is -0.493 e. The van der Waals surface area contributed by atoms with Crippen LogP contribution in [0.25, 0.3) is 0 Å². The molecule has 0 aliphatic carbocycles. The van der Waals surface area contributed by atoms with Gasteiger partial charge in [-0.05, 0) is 37.1 Å². The summed E-state index contributed by atoms with van der Waals surface area (Å²) in [6.45, 7) is 9.22. The number of hydrogen-bond donors (Lipinski definition) is 1. The number of carboxylic acids is 1. The van der Waals surface area contributed by atoms with E-state index in [1.807, 2.05) is 35.9 Å². The van der Waals surface area contributed by atoms with Gasteiger partial charge in [-0.1, -0.05) is 45.2 Å². The van der Waals surface area contributed by atoms with Gasteiger partial charge in [-0.2, -0.15) is 5.10 Å². The summed E-state index contributed by atoms with van der Waals surface area (Å²) in [5.41, 5.74) is 2.73. The Kier molecular flexibility index (Phi) is 7.72. The summed E-state index contributed by atoms with van der Waals surface area (Å²) >= 11 is 6.20. The molecule has 2 aromatic rings. The Balaban J connectivity index is 2.17. The van der Waals surface area contributed by atoms with Crippen molar-refractivity contribution in [2.24, 2.45) is 11.8 Å². The van der Waals surface area contributed by atoms with Crippen molar-refractivity contribution in [1.82, 2.24) is 9.78 Å². The third-order valence-corrected chi connectivity index (χ3v) is 5.18. The fourth-order valence-corrected chi connectivity index (χ4v) is 3.14. The first kappa shape index (κ1) is 21.3. The largest absolute Gasteiger partial charge is 0.493 e. The molecular formula is C21H29ClN2O3. The van der Waals surface area contributed by atoms with Gasteiger partial charge in [0.05, 0.1) is 24.8 Å². The Hall–Kier alpha value is -2.01. The van der Waals surface area contributed by atoms with E-state index in [-0.39, 0.29) is 0 Å². The first-order valence-corrected chi connectivity index (χ1v) is 9.89. The van der Waals surface area contributed by atoms with Crippen LogP contribution in [-0.4, -0.2) is 27.5 Å². The molecule has 5 nitrogen and oxygen atoms in total. The van der Waals surface area contributed by atoms with Gasteiger partial charge in [0.2, 0.25) is 0 Å². The number of nitrogens with zero attached hydrogens (tertiary/aromatic N) is 2. The molecule has 0 aliphatic rings. The van der Waals surface area contributed by atoms with Gasteiger partial charge in [0.25, 0.3) is 0 Å². The van der Waals surface area contributed by atoms with Gasteiger partial charge in [-0.3, -0.25) is 9.48 Å². The predicted molar refractivity (Wildman–Crippen MR) is 108 cm³/mol. The first-order valence-electron chi connectivity index (χ1n) is 9.51. The highest BCUT2D eigenvalue weighted by Crippen LogP contribution is 2.25. The lowest BCUT2D eigenvalue weighted by atomic mass is 10.1. The quantitative estimate of drug-likeness (QED) is 0.619. The SMILES string of the molecule is CCC(CC)COc1ccc(Cl)cc1Cn1nc(CC(C)C(=O)O)cc1C. The molecule has 1 atom stereocenters. The van der Waals surface area contributed by atoms with E-state index in [1.54, 1.807) is 6.92 Å². The zero-order valence-electron chi connectivity index (χ0n) is 16.5. The number of aliphatic carboxylic acids is 1. The molecule has 27 heavy (non-hydrogen) atoms. The maximum Gasteiger partial charge on any atom is 0.306 e. The fraction of sp³-hybridized carbons (Fsp3) is 0.524. The van der Waals surface area contributed by atoms with E-state index in [1.165, 1.54) is 0 Å². The average molecular weight is 393 g/mol. The fourth-order valence-electron chi connectivity index (χ4n) is 2.94. The zero-order valence-corrected chi connectivity index (χ0v) is 17.3. The molecule has 148 valence electrons. The van der Waals surface area contributed by atoms with Crippen molar-refractivity contribution in [3.8, 4) is 5.75 Å². The summed E-state index contributed by atoms with van der Waals surface area (Å²) in [4.78, 5) is 11.1. The van der Waals surface area contributed by atoms with Gasteiger partial charge in [0, 0.05) is 22.7 Å². The van der Waals surface area contributed by atoms with E-state index in [0.29, 0.717) is 30.5 Å². The van der Waals surface area contributed by atoms with E-state index < -0.39 is 11.9 Å². The molecule has 0 fully saturated rings. The number of carbonyl (C=O) groups is 1. The van der Waals surface area contributed by atoms with Crippen LogP contribution in [0, 0.1) is 18.8 Å². The Labute approximate surface area is 166 Å². The number of benzene rings is 1. The van der Waals surface area contributed by atoms with Crippen molar-refractivity contribution in [3.05, 3.63) is 46.2 Å². The highest BCUT2D eigenvalue weighted by Gasteiger charge is 2.16. The third kappa shape index (κ3) is 5.99. The molecule has 1 aromatic carbocycles. The number of halogens is 1. The highest BCUT2D eigenvalue weighted by atomic mass is 35.5. The standard InChI is InChI=1S/C21H29ClN2O3/c1-5-16(6-2)13-27-20-8-7-18(22)11-17(20)12-24-15(4)10-19(23-24)9-14(3)21(25)26/h7-8,10-11,14,16H,5-6,9,12-13H2,1-4H3,(H,25,26). The van der Waals surface area contributed by atoms with Crippen LogP contribution in [0.2, 0.25) is 5.02 Å². The van der Waals surface area contributed by atoms with E-state index in [0.717, 1.165) is 35.5 Å². The van der Waals surface area contributed by atoms with Crippen LogP contribution < -0.4 is 4.74 Å². The van der Waals surface area contributed by atoms with Crippen LogP contribution in [0.15, 0.2) is 24.3 Å². The Morgan fingerprint density at radius 3 is 2.63 bits per heavy atom. The Morgan fingerprint density at radius 2 is 2.00 bits per heavy atom. The lowest BCUT2D eigenvalue weighted by molar-refractivity contribution is -0.141. The summed E-state index contributed by atoms with van der Waals surface area (Å²) in [5.74, 6) is 0.0812. The topological polar surface area (TPSA) is 64.4 Å². The summed E-state index contributed by atoms with van der Waals surface area (Å²) in [5, 5.41) is 14.3. The maximum atomic E-state index is 11.1. The number of rotatable bonds is 10. The molecule has 0 bridgehead atoms. The summed E-state index contributed by atoms with van der Waals surface area (Å²) in [7, 11) is 0. The Morgan fingerprint density at radius 1 is 1.30 bits per heavy atom. The third-order valence-electron chi connectivity index (χ3n) is 4.94. The first-order chi connectivity index (χ1) is 12.8. The molecule has 2 rings (SSSR count). The van der Waals surface area contributed by atoms with Crippen molar-refractivity contribution in [3.63, 3.8) is 0 Å². The van der Waals surface area contributed by atoms with Crippen LogP contribution in [0.5, 0.6) is 5.75 Å². The second-order valence-electron chi connectivity index (χ2n) is 7.12. The highest BCUT2D eigenvalue weighted by molar-refractivity contribution is 6.30. The normalized spacial score (nSPS) is 12.4. The van der Waals surface area contributed by atoms with Gasteiger partial charge in [-0.15, -0.1) is 0 Å². The summed E-state index contributed by atoms with van der Waals surface area (Å²) in [6.07, 6.45) is 2.59. The number of ether oxygens (including phenoxy) is 1. The van der Waals surface area contributed by atoms with E-state index >= 15 is 0 Å². The van der Waals surface area contributed by atoms with Crippen molar-refractivity contribution >= 4 is 17.6 Å². The van der Waals surface area contributed by atoms with Crippen LogP contribution in [0.3, 0.4) is 0 Å². The maximum absolute atomic E-state index is 11.1. The monoisotopic (exact) mass is 392 g/mol. The average Bonchev–Trinajstić information content (AvgIpc) is 2.96. The van der Waals surface area contributed by atoms with Crippen LogP contribution in [0.4, 0.5) is 0 Å². The van der Waals surface area contributed by atoms with Crippen LogP contribution in [0.1, 0.15) is 50.6 Å². The molecule has 0 saturated carbocycles. The molecule has 0 aliphatic heterocycles. The zero-order chi connectivity index (χ0) is 20.0. The molecule has 0 amide bonds. The molecule has 6 heteroatoms. The number of aromatic nitrogens is 2. The molecule has 1 unspecified atom stereocenters. The van der Waals surface area contributed by atoms with Gasteiger partial charge < -0.3 is 9.84 Å². The minimum absolute atomic E-state index is 0.413. The second-order valence-corrected chi connectivity index (χ2v) is 7.56. The molecular weight excluding hydrogens is 364 g/mol. The molecule has 0 spiro atoms. The summed E-state index contributed by atoms with van der Waals surface area (Å²) in [6, 6.07) is 7.59. The van der Waals surface area contributed by atoms with Gasteiger partial charge in [0.15, 0.2) is 0 Å². The van der Waals surface area contributed by atoms with E-state index in [9.17, 15) is 4.79 Å². The second kappa shape index (κ2) is 9.79. The van der Waals surface area contributed by atoms with Crippen LogP contribution in [-0.2, 0) is 17.8 Å². The van der Waals surface area contributed by atoms with Crippen molar-refractivity contribution in [2.45, 2.75) is 53.5 Å². The van der Waals surface area contributed by atoms with Crippen molar-refractivity contribution in [1.29, 1.82) is 0 Å². The molecule has 0 saturated heterocycles. The van der Waals surface area contributed by atoms with Crippen LogP contribution >= 0.6 is 11.6 Å². The van der Waals surface area contributed by atoms with Crippen molar-refractivity contribution < 1.29 is 14.6 Å². The number of carboxylic acid groups (broad SMARTS) is 1. The van der Waals surface area contributed by atoms with E-state index in [2.05, 4.69) is 18.9 Å². The molecule has 1 N–H and O–H groups in total. The molecule has 1 aromatic heterocycles. The van der Waals surface area contributed by atoms with Gasteiger partial charge >= 0.3 is 5.97 Å². The predicted octanol–water partition coefficient (Wildman–Crippen LogP) is 4.97. The summed E-state index contributed by atoms with van der Waals surface area (Å²) < 4.78 is 7.95. The smallest absolute Gasteiger partial charge is 0.306 e. The van der Waals surface area contributed by atoms with Gasteiger partial charge in [-0.25, -0.2) is 0 Å². The molecule has 0 radical (unpaired) electrons. The lowest BCUT2D eigenvalue weighted by Gasteiger charge is -2.17. The number of aryl methyl sites for hydroxylation is 1. The van der Waals surface area contributed by atoms with Crippen molar-refractivity contribution in [2.75, 3.05) is 6.61 Å². The molecule has 1 heterocycles. The van der Waals surface area contributed by atoms with E-state index in [4.69, 9.17) is 21.4 Å². The van der Waals surface area contributed by atoms with Gasteiger partial charge in [0.1, 0.15) is 5.75 Å². The minimum atomic E-state index is -0.811. The lowest BCUT2D eigenvalue weighted by Crippen LogP contribution is -2.14. The number of hydrogen-bond acceptors (Lipinski definition) is 3.